The molecule has 0 spiro atoms. The van der Waals surface area contributed by atoms with Crippen molar-refractivity contribution in [3.05, 3.63) is 38.9 Å². The molecule has 478 valence electrons. The molecule has 1 saturated carbocycles. The molecule has 1 saturated heterocycles. The highest BCUT2D eigenvalue weighted by Gasteiger charge is 2.67. The number of fused-ring (bicyclic) bond motifs is 2. The molecule has 1 aliphatic carbocycles. The number of methoxy groups -OCH3 is 2. The molecule has 3 aromatic heterocycles. The molecule has 7 N–H and O–H groups in total. The van der Waals surface area contributed by atoms with Crippen LogP contribution in [-0.4, -0.2) is 178 Å². The number of piperidine rings is 1. The molecule has 0 bridgehead atoms. The van der Waals surface area contributed by atoms with Crippen molar-refractivity contribution in [2.45, 2.75) is 167 Å². The lowest BCUT2D eigenvalue weighted by Crippen LogP contribution is -2.47. The number of nitrogens with two attached hydrogens (primary N) is 1. The second-order valence-electron chi connectivity index (χ2n) is 21.8. The molecular weight excluding hydrogens is 1200 g/mol. The van der Waals surface area contributed by atoms with Crippen molar-refractivity contribution < 1.29 is 71.6 Å². The highest BCUT2D eigenvalue weighted by molar-refractivity contribution is 9.10. The normalized spacial score (nSPS) is 16.3. The summed E-state index contributed by atoms with van der Waals surface area (Å²) in [5.74, 6) is -3.17. The predicted molar refractivity (Wildman–Crippen MR) is 324 cm³/mol. The van der Waals surface area contributed by atoms with E-state index >= 15 is 0 Å². The van der Waals surface area contributed by atoms with Gasteiger partial charge in [-0.1, -0.05) is 83.1 Å². The van der Waals surface area contributed by atoms with Crippen molar-refractivity contribution in [3.8, 4) is 0 Å². The Labute approximate surface area is 515 Å². The Bertz CT molecular complexity index is 2710. The van der Waals surface area contributed by atoms with Gasteiger partial charge in [-0.25, -0.2) is 9.78 Å². The fourth-order valence-corrected chi connectivity index (χ4v) is 11.7. The van der Waals surface area contributed by atoms with Crippen molar-refractivity contribution in [2.24, 2.45) is 11.1 Å². The minimum atomic E-state index is -0.925. The molecule has 1 aliphatic heterocycles. The molecule has 25 nitrogen and oxygen atoms in total. The van der Waals surface area contributed by atoms with Crippen LogP contribution in [0.4, 0.5) is 5.82 Å². The fraction of sp³-hybridized carbons (Fsp3) is 0.678. The van der Waals surface area contributed by atoms with Crippen LogP contribution in [0.1, 0.15) is 149 Å². The molecule has 5 rings (SSSR count). The van der Waals surface area contributed by atoms with E-state index in [1.54, 1.807) is 11.0 Å². The number of carbonyl (C=O) groups excluding carboxylic acids is 9. The van der Waals surface area contributed by atoms with Crippen molar-refractivity contribution in [3.63, 3.8) is 0 Å². The Balaban J connectivity index is 0.838. The lowest BCUT2D eigenvalue weighted by Gasteiger charge is -2.27. The maximum absolute atomic E-state index is 14.2. The van der Waals surface area contributed by atoms with Crippen LogP contribution >= 0.6 is 27.3 Å². The SMILES string of the molecule is COC(=O)CCCCCCCCCCCCCCCCC(=O)N[C@@H](CCC(=O)NCCOCCOCC(=O)NCCOCCOCC(=O)NC[C@@]12C[C@@H](C(=O)Nc3nc(Br)ccc3C)N(C(=O)Cn3nc(C(N)=O)c4sc(C)cc43)[C@@H]1C2)C(=O)OC. The van der Waals surface area contributed by atoms with Crippen LogP contribution < -0.4 is 32.3 Å². The molecule has 0 radical (unpaired) electrons. The van der Waals surface area contributed by atoms with Gasteiger partial charge in [-0.2, -0.15) is 5.10 Å². The largest absolute Gasteiger partial charge is 0.469 e. The van der Waals surface area contributed by atoms with Crippen LogP contribution in [0.3, 0.4) is 0 Å². The monoisotopic (exact) mass is 1290 g/mol. The van der Waals surface area contributed by atoms with Gasteiger partial charge in [0, 0.05) is 55.2 Å². The number of carbonyl (C=O) groups is 9. The number of nitrogens with one attached hydrogen (secondary N) is 5. The van der Waals surface area contributed by atoms with Gasteiger partial charge in [0.25, 0.3) is 5.91 Å². The summed E-state index contributed by atoms with van der Waals surface area (Å²) in [4.78, 5) is 121. The van der Waals surface area contributed by atoms with Gasteiger partial charge in [-0.3, -0.25) is 43.0 Å². The topological polar surface area (TPSA) is 329 Å². The Morgan fingerprint density at radius 1 is 0.698 bits per heavy atom. The number of amides is 7. The van der Waals surface area contributed by atoms with E-state index < -0.39 is 35.3 Å². The smallest absolute Gasteiger partial charge is 0.328 e. The second-order valence-corrected chi connectivity index (χ2v) is 23.9. The van der Waals surface area contributed by atoms with Gasteiger partial charge in [0.2, 0.25) is 35.4 Å². The van der Waals surface area contributed by atoms with E-state index in [0.29, 0.717) is 46.3 Å². The van der Waals surface area contributed by atoms with E-state index in [-0.39, 0.29) is 139 Å². The summed E-state index contributed by atoms with van der Waals surface area (Å²) in [6.07, 6.45) is 17.3. The number of nitrogens with zero attached hydrogens (tertiary/aromatic N) is 4. The number of hydrogen-bond acceptors (Lipinski definition) is 18. The molecular formula is C59H89BrN10O15S. The second kappa shape index (κ2) is 38.2. The van der Waals surface area contributed by atoms with Gasteiger partial charge in [0.05, 0.1) is 64.1 Å². The molecule has 27 heteroatoms. The van der Waals surface area contributed by atoms with Gasteiger partial charge in [0.1, 0.15) is 42.3 Å². The minimum absolute atomic E-state index is 0.00143. The number of anilines is 1. The average molecular weight is 1290 g/mol. The van der Waals surface area contributed by atoms with Crippen LogP contribution in [0, 0.1) is 19.3 Å². The van der Waals surface area contributed by atoms with E-state index in [0.717, 1.165) is 49.0 Å². The summed E-state index contributed by atoms with van der Waals surface area (Å²) >= 11 is 4.70. The number of likely N-dealkylation sites (tertiary alicyclic amines) is 1. The third kappa shape index (κ3) is 24.6. The van der Waals surface area contributed by atoms with Gasteiger partial charge < -0.3 is 65.6 Å². The van der Waals surface area contributed by atoms with Gasteiger partial charge >= 0.3 is 11.9 Å². The molecule has 3 aromatic rings. The van der Waals surface area contributed by atoms with E-state index in [4.69, 9.17) is 29.4 Å². The number of primary amides is 1. The molecule has 0 unspecified atom stereocenters. The van der Waals surface area contributed by atoms with Crippen molar-refractivity contribution >= 4 is 96.6 Å². The first-order valence-corrected chi connectivity index (χ1v) is 31.6. The summed E-state index contributed by atoms with van der Waals surface area (Å²) in [5.41, 5.74) is 6.46. The number of esters is 2. The quantitative estimate of drug-likeness (QED) is 0.0239. The number of ether oxygens (including phenoxy) is 6. The zero-order chi connectivity index (χ0) is 62.3. The molecule has 2 aliphatic rings. The van der Waals surface area contributed by atoms with E-state index in [2.05, 4.69) is 57.3 Å². The summed E-state index contributed by atoms with van der Waals surface area (Å²) in [6, 6.07) is 3.26. The van der Waals surface area contributed by atoms with E-state index in [9.17, 15) is 43.2 Å². The molecule has 4 heterocycles. The first kappa shape index (κ1) is 70.6. The summed E-state index contributed by atoms with van der Waals surface area (Å²) in [7, 11) is 2.67. The van der Waals surface area contributed by atoms with Crippen molar-refractivity contribution in [1.29, 1.82) is 0 Å². The van der Waals surface area contributed by atoms with E-state index in [1.165, 1.54) is 81.6 Å². The van der Waals surface area contributed by atoms with Crippen LogP contribution in [0.5, 0.6) is 0 Å². The number of thiophene rings is 1. The first-order valence-electron chi connectivity index (χ1n) is 30.0. The Morgan fingerprint density at radius 2 is 1.27 bits per heavy atom. The Morgan fingerprint density at radius 3 is 1.86 bits per heavy atom. The number of pyridine rings is 1. The number of halogens is 1. The average Bonchev–Trinajstić information content (AvgIpc) is 1.55. The lowest BCUT2D eigenvalue weighted by molar-refractivity contribution is -0.145. The lowest BCUT2D eigenvalue weighted by atomic mass is 9.99. The molecule has 0 aromatic carbocycles. The molecule has 4 atom stereocenters. The molecule has 2 fully saturated rings. The van der Waals surface area contributed by atoms with Gasteiger partial charge in [-0.15, -0.1) is 11.3 Å². The number of aromatic nitrogens is 3. The fourth-order valence-electron chi connectivity index (χ4n) is 10.3. The number of aryl methyl sites for hydroxylation is 2. The number of rotatable bonds is 45. The van der Waals surface area contributed by atoms with Gasteiger partial charge in [-0.05, 0) is 79.6 Å². The van der Waals surface area contributed by atoms with Crippen LogP contribution in [0.25, 0.3) is 10.2 Å². The maximum Gasteiger partial charge on any atom is 0.328 e. The number of hydrogen-bond donors (Lipinski definition) is 6. The minimum Gasteiger partial charge on any atom is -0.469 e. The first-order chi connectivity index (χ1) is 41.4. The standard InChI is InChI=1S/C59H89BrN10O15S/c1-40-21-23-46(60)66-56(40)67-57(78)44-34-59(35-45(59)70(44)51(75)36-69-43-33-41(2)86-54(43)53(68-69)55(61)77)39-64-50(74)38-85-32-30-83-28-26-63-49(73)37-84-31-29-82-27-25-62-47(71)24-22-42(58(79)81-4)65-48(72)19-17-15-13-11-9-7-5-6-8-10-12-14-16-18-20-52(76)80-3/h21,23,33,42,44-45H,5-20,22,24-32,34-39H2,1-4H3,(H2,61,77)(H,62,71)(H,63,73)(H,64,74)(H,65,72)(H,66,67,78)/t42-,44-,45+,59-/m0/s1. The van der Waals surface area contributed by atoms with E-state index in [1.807, 2.05) is 26.0 Å². The Hall–Kier alpha value is -6.13. The molecule has 86 heavy (non-hydrogen) atoms. The number of unbranched alkanes of at least 4 members (excludes halogenated alkanes) is 13. The van der Waals surface area contributed by atoms with Crippen LogP contribution in [0.15, 0.2) is 22.8 Å². The van der Waals surface area contributed by atoms with Crippen LogP contribution in [-0.2, 0) is 73.3 Å². The van der Waals surface area contributed by atoms with Crippen molar-refractivity contribution in [2.75, 3.05) is 92.0 Å². The summed E-state index contributed by atoms with van der Waals surface area (Å²) in [5, 5.41) is 18.3. The van der Waals surface area contributed by atoms with Gasteiger partial charge in [0.15, 0.2) is 5.69 Å². The summed E-state index contributed by atoms with van der Waals surface area (Å²) in [6.45, 7) is 4.65. The highest BCUT2D eigenvalue weighted by atomic mass is 79.9. The maximum atomic E-state index is 14.2. The van der Waals surface area contributed by atoms with Crippen molar-refractivity contribution in [1.82, 2.24) is 40.9 Å². The van der Waals surface area contributed by atoms with Crippen LogP contribution in [0.2, 0.25) is 0 Å². The third-order valence-electron chi connectivity index (χ3n) is 15.1. The molecule has 7 amide bonds. The zero-order valence-electron chi connectivity index (χ0n) is 50.4. The predicted octanol–water partition coefficient (Wildman–Crippen LogP) is 5.24. The zero-order valence-corrected chi connectivity index (χ0v) is 52.8. The third-order valence-corrected chi connectivity index (χ3v) is 16.6. The Kier molecular flexibility index (Phi) is 31.4. The summed E-state index contributed by atoms with van der Waals surface area (Å²) < 4.78 is 34.0. The highest BCUT2D eigenvalue weighted by Crippen LogP contribution is 2.59.